The molecule has 2 fully saturated rings. The van der Waals surface area contributed by atoms with Crippen molar-refractivity contribution in [2.75, 3.05) is 26.2 Å². The van der Waals surface area contributed by atoms with Gasteiger partial charge in [-0.1, -0.05) is 6.07 Å². The molecule has 2 atom stereocenters. The summed E-state index contributed by atoms with van der Waals surface area (Å²) in [5, 5.41) is 0. The maximum Gasteiger partial charge on any atom is 0.0870 e. The lowest BCUT2D eigenvalue weighted by molar-refractivity contribution is -0.0583. The second-order valence-electron chi connectivity index (χ2n) is 5.86. The molecule has 2 aliphatic rings. The summed E-state index contributed by atoms with van der Waals surface area (Å²) < 4.78 is 5.95. The highest BCUT2D eigenvalue weighted by Crippen LogP contribution is 2.25. The van der Waals surface area contributed by atoms with Gasteiger partial charge in [0.05, 0.1) is 18.8 Å². The third-order valence-electron chi connectivity index (χ3n) is 4.21. The van der Waals surface area contributed by atoms with Crippen molar-refractivity contribution in [1.29, 1.82) is 0 Å². The van der Waals surface area contributed by atoms with Gasteiger partial charge in [0.1, 0.15) is 0 Å². The minimum atomic E-state index is 0.382. The zero-order valence-electron chi connectivity index (χ0n) is 11.8. The minimum absolute atomic E-state index is 0.382. The van der Waals surface area contributed by atoms with Crippen LogP contribution in [0.25, 0.3) is 0 Å². The zero-order chi connectivity index (χ0) is 13.2. The molecule has 3 rings (SSSR count). The Kier molecular flexibility index (Phi) is 3.82. The van der Waals surface area contributed by atoms with Crippen molar-refractivity contribution in [2.24, 2.45) is 0 Å². The zero-order valence-corrected chi connectivity index (χ0v) is 11.8. The van der Waals surface area contributed by atoms with Crippen LogP contribution in [-0.2, 0) is 11.3 Å². The van der Waals surface area contributed by atoms with Gasteiger partial charge in [0.15, 0.2) is 0 Å². The van der Waals surface area contributed by atoms with E-state index in [2.05, 4.69) is 34.7 Å². The molecule has 2 aliphatic heterocycles. The quantitative estimate of drug-likeness (QED) is 0.822. The molecule has 0 aliphatic carbocycles. The Morgan fingerprint density at radius 3 is 3.05 bits per heavy atom. The number of likely N-dealkylation sites (tertiary alicyclic amines) is 1. The molecule has 2 saturated heterocycles. The van der Waals surface area contributed by atoms with Gasteiger partial charge in [-0.15, -0.1) is 0 Å². The van der Waals surface area contributed by atoms with E-state index in [0.717, 1.165) is 32.8 Å². The van der Waals surface area contributed by atoms with E-state index >= 15 is 0 Å². The number of aromatic nitrogens is 1. The summed E-state index contributed by atoms with van der Waals surface area (Å²) in [4.78, 5) is 9.28. The number of fused-ring (bicyclic) bond motifs is 1. The first kappa shape index (κ1) is 13.0. The average molecular weight is 261 g/mol. The lowest BCUT2D eigenvalue weighted by Crippen LogP contribution is -2.53. The lowest BCUT2D eigenvalue weighted by atomic mass is 10.1. The van der Waals surface area contributed by atoms with E-state index in [-0.39, 0.29) is 0 Å². The van der Waals surface area contributed by atoms with Crippen molar-refractivity contribution in [3.8, 4) is 0 Å². The number of morpholine rings is 1. The molecule has 104 valence electrons. The fourth-order valence-electron chi connectivity index (χ4n) is 3.31. The fraction of sp³-hybridized carbons (Fsp3) is 0.667. The molecular weight excluding hydrogens is 238 g/mol. The summed E-state index contributed by atoms with van der Waals surface area (Å²) in [7, 11) is 0. The number of rotatable bonds is 3. The molecule has 0 bridgehead atoms. The number of hydrogen-bond acceptors (Lipinski definition) is 4. The molecule has 4 nitrogen and oxygen atoms in total. The van der Waals surface area contributed by atoms with E-state index in [1.807, 2.05) is 18.5 Å². The number of ether oxygens (including phenoxy) is 1. The van der Waals surface area contributed by atoms with E-state index in [1.165, 1.54) is 5.56 Å². The van der Waals surface area contributed by atoms with Gasteiger partial charge in [0, 0.05) is 44.6 Å². The lowest BCUT2D eigenvalue weighted by Gasteiger charge is -2.39. The molecule has 1 aromatic heterocycles. The van der Waals surface area contributed by atoms with Crippen molar-refractivity contribution in [2.45, 2.75) is 38.6 Å². The molecule has 0 aromatic carbocycles. The van der Waals surface area contributed by atoms with Crippen LogP contribution in [0.2, 0.25) is 0 Å². The van der Waals surface area contributed by atoms with Crippen LogP contribution in [0.5, 0.6) is 0 Å². The Morgan fingerprint density at radius 1 is 1.42 bits per heavy atom. The van der Waals surface area contributed by atoms with Crippen molar-refractivity contribution in [1.82, 2.24) is 14.8 Å². The summed E-state index contributed by atoms with van der Waals surface area (Å²) in [6.45, 7) is 9.65. The van der Waals surface area contributed by atoms with Gasteiger partial charge in [-0.25, -0.2) is 0 Å². The second-order valence-corrected chi connectivity index (χ2v) is 5.86. The Bertz CT molecular complexity index is 409. The standard InChI is InChI=1S/C15H23N3O/c1-12(2)18-6-7-19-15-11-17(10-14(15)18)9-13-4-3-5-16-8-13/h3-5,8,12,14-15H,6-7,9-11H2,1-2H3/t14-,15+/m1/s1. The predicted octanol–water partition coefficient (Wildman–Crippen LogP) is 1.37. The minimum Gasteiger partial charge on any atom is -0.374 e. The van der Waals surface area contributed by atoms with Gasteiger partial charge in [0.25, 0.3) is 0 Å². The number of nitrogens with zero attached hydrogens (tertiary/aromatic N) is 3. The van der Waals surface area contributed by atoms with Crippen LogP contribution < -0.4 is 0 Å². The van der Waals surface area contributed by atoms with Gasteiger partial charge >= 0.3 is 0 Å². The topological polar surface area (TPSA) is 28.6 Å². The first-order valence-electron chi connectivity index (χ1n) is 7.22. The third kappa shape index (κ3) is 2.81. The van der Waals surface area contributed by atoms with Crippen molar-refractivity contribution < 1.29 is 4.74 Å². The SMILES string of the molecule is CC(C)N1CCO[C@H]2CN(Cc3cccnc3)C[C@H]21. The molecule has 0 saturated carbocycles. The maximum absolute atomic E-state index is 5.95. The highest BCUT2D eigenvalue weighted by molar-refractivity contribution is 5.09. The van der Waals surface area contributed by atoms with Crippen LogP contribution in [0.1, 0.15) is 19.4 Å². The third-order valence-corrected chi connectivity index (χ3v) is 4.21. The van der Waals surface area contributed by atoms with Crippen LogP contribution in [0.3, 0.4) is 0 Å². The van der Waals surface area contributed by atoms with E-state index in [0.29, 0.717) is 18.2 Å². The second kappa shape index (κ2) is 5.57. The van der Waals surface area contributed by atoms with Crippen molar-refractivity contribution in [3.05, 3.63) is 30.1 Å². The van der Waals surface area contributed by atoms with Gasteiger partial charge in [0.2, 0.25) is 0 Å². The van der Waals surface area contributed by atoms with Crippen LogP contribution >= 0.6 is 0 Å². The summed E-state index contributed by atoms with van der Waals surface area (Å²) in [5.74, 6) is 0. The molecule has 19 heavy (non-hydrogen) atoms. The Labute approximate surface area is 115 Å². The molecule has 0 unspecified atom stereocenters. The molecular formula is C15H23N3O. The molecule has 0 N–H and O–H groups in total. The molecule has 4 heteroatoms. The summed E-state index contributed by atoms with van der Waals surface area (Å²) in [5.41, 5.74) is 1.29. The van der Waals surface area contributed by atoms with Gasteiger partial charge < -0.3 is 4.74 Å². The first-order valence-corrected chi connectivity index (χ1v) is 7.22. The summed E-state index contributed by atoms with van der Waals surface area (Å²) in [6.07, 6.45) is 4.17. The Hall–Kier alpha value is -0.970. The summed E-state index contributed by atoms with van der Waals surface area (Å²) >= 11 is 0. The van der Waals surface area contributed by atoms with E-state index in [4.69, 9.17) is 4.74 Å². The van der Waals surface area contributed by atoms with E-state index < -0.39 is 0 Å². The van der Waals surface area contributed by atoms with E-state index in [1.54, 1.807) is 0 Å². The van der Waals surface area contributed by atoms with Gasteiger partial charge in [-0.3, -0.25) is 14.8 Å². The normalized spacial score (nSPS) is 28.8. The van der Waals surface area contributed by atoms with Gasteiger partial charge in [-0.2, -0.15) is 0 Å². The molecule has 0 radical (unpaired) electrons. The molecule has 3 heterocycles. The van der Waals surface area contributed by atoms with E-state index in [9.17, 15) is 0 Å². The Balaban J connectivity index is 1.65. The number of hydrogen-bond donors (Lipinski definition) is 0. The largest absolute Gasteiger partial charge is 0.374 e. The Morgan fingerprint density at radius 2 is 2.32 bits per heavy atom. The van der Waals surface area contributed by atoms with Crippen LogP contribution in [0, 0.1) is 0 Å². The van der Waals surface area contributed by atoms with Crippen molar-refractivity contribution >= 4 is 0 Å². The highest BCUT2D eigenvalue weighted by Gasteiger charge is 2.40. The van der Waals surface area contributed by atoms with Crippen LogP contribution in [0.4, 0.5) is 0 Å². The molecule has 0 amide bonds. The van der Waals surface area contributed by atoms with Crippen molar-refractivity contribution in [3.63, 3.8) is 0 Å². The fourth-order valence-corrected chi connectivity index (χ4v) is 3.31. The predicted molar refractivity (Wildman–Crippen MR) is 74.9 cm³/mol. The van der Waals surface area contributed by atoms with Gasteiger partial charge in [-0.05, 0) is 25.5 Å². The molecule has 1 aromatic rings. The summed E-state index contributed by atoms with van der Waals surface area (Å²) in [6, 6.07) is 5.32. The highest BCUT2D eigenvalue weighted by atomic mass is 16.5. The maximum atomic E-state index is 5.95. The average Bonchev–Trinajstić information content (AvgIpc) is 2.81. The smallest absolute Gasteiger partial charge is 0.0870 e. The van der Waals surface area contributed by atoms with Crippen LogP contribution in [0.15, 0.2) is 24.5 Å². The number of pyridine rings is 1. The van der Waals surface area contributed by atoms with Crippen LogP contribution in [-0.4, -0.2) is 59.2 Å². The molecule has 0 spiro atoms. The first-order chi connectivity index (χ1) is 9.24. The monoisotopic (exact) mass is 261 g/mol.